The van der Waals surface area contributed by atoms with Crippen LogP contribution in [0.2, 0.25) is 0 Å². The summed E-state index contributed by atoms with van der Waals surface area (Å²) in [5.74, 6) is -2.01. The minimum Gasteiger partial charge on any atom is -0.495 e. The number of halogens is 4. The van der Waals surface area contributed by atoms with Gasteiger partial charge in [-0.1, -0.05) is 30.7 Å². The number of hydrogen-bond acceptors (Lipinski definition) is 7. The number of likely N-dealkylation sites (tertiary alicyclic amines) is 1. The van der Waals surface area contributed by atoms with Crippen molar-refractivity contribution in [1.82, 2.24) is 20.2 Å². The molecule has 1 aromatic carbocycles. The summed E-state index contributed by atoms with van der Waals surface area (Å²) in [6.45, 7) is 3.59. The Morgan fingerprint density at radius 3 is 2.63 bits per heavy atom. The smallest absolute Gasteiger partial charge is 0.423 e. The number of piperidine rings is 1. The molecule has 12 heteroatoms. The number of alkyl halides is 3. The SMILES string of the molecule is COc1cc(C(=O)NC2CCN(C)CC2)c(F)cc1Nc1ncc(C(F)(F)F)c(O[C@@H]2CC3CC=CC=C3[C@H]2C)n1. The number of ether oxygens (including phenoxy) is 2. The van der Waals surface area contributed by atoms with Crippen molar-refractivity contribution in [1.29, 1.82) is 0 Å². The second-order valence-electron chi connectivity index (χ2n) is 10.8. The molecule has 3 aliphatic rings. The van der Waals surface area contributed by atoms with Gasteiger partial charge in [0.1, 0.15) is 23.2 Å². The van der Waals surface area contributed by atoms with Gasteiger partial charge in [-0.3, -0.25) is 4.79 Å². The largest absolute Gasteiger partial charge is 0.495 e. The van der Waals surface area contributed by atoms with Crippen molar-refractivity contribution in [2.24, 2.45) is 11.8 Å². The number of fused-ring (bicyclic) bond motifs is 1. The zero-order chi connectivity index (χ0) is 29.3. The summed E-state index contributed by atoms with van der Waals surface area (Å²) in [5, 5.41) is 5.59. The Hall–Kier alpha value is -3.67. The average molecular weight is 576 g/mol. The van der Waals surface area contributed by atoms with Crippen LogP contribution in [0.3, 0.4) is 0 Å². The molecule has 2 fully saturated rings. The Morgan fingerprint density at radius 1 is 1.20 bits per heavy atom. The molecule has 2 aliphatic carbocycles. The number of carbonyl (C=O) groups excluding carboxylic acids is 1. The van der Waals surface area contributed by atoms with Crippen LogP contribution in [0.4, 0.5) is 29.2 Å². The third-order valence-electron chi connectivity index (χ3n) is 8.07. The highest BCUT2D eigenvalue weighted by Gasteiger charge is 2.41. The summed E-state index contributed by atoms with van der Waals surface area (Å²) in [6.07, 6.45) is 4.29. The molecule has 3 atom stereocenters. The maximum atomic E-state index is 15.1. The lowest BCUT2D eigenvalue weighted by Crippen LogP contribution is -2.43. The van der Waals surface area contributed by atoms with Gasteiger partial charge in [-0.05, 0) is 57.8 Å². The predicted octanol–water partition coefficient (Wildman–Crippen LogP) is 5.50. The van der Waals surface area contributed by atoms with Gasteiger partial charge in [0.25, 0.3) is 5.91 Å². The molecule has 2 aromatic rings. The zero-order valence-electron chi connectivity index (χ0n) is 23.1. The number of carbonyl (C=O) groups is 1. The van der Waals surface area contributed by atoms with Crippen LogP contribution in [0.15, 0.2) is 42.1 Å². The highest BCUT2D eigenvalue weighted by Crippen LogP contribution is 2.44. The Kier molecular flexibility index (Phi) is 8.21. The van der Waals surface area contributed by atoms with Crippen LogP contribution in [0.1, 0.15) is 48.5 Å². The van der Waals surface area contributed by atoms with E-state index in [1.807, 2.05) is 32.2 Å². The molecule has 2 N–H and O–H groups in total. The van der Waals surface area contributed by atoms with Gasteiger partial charge in [0, 0.05) is 24.2 Å². The molecule has 8 nitrogen and oxygen atoms in total. The number of methoxy groups -OCH3 is 1. The molecule has 1 saturated heterocycles. The normalized spacial score (nSPS) is 23.1. The predicted molar refractivity (Wildman–Crippen MR) is 145 cm³/mol. The lowest BCUT2D eigenvalue weighted by Gasteiger charge is -2.29. The van der Waals surface area contributed by atoms with E-state index >= 15 is 4.39 Å². The van der Waals surface area contributed by atoms with Crippen LogP contribution in [-0.2, 0) is 6.18 Å². The van der Waals surface area contributed by atoms with E-state index in [0.717, 1.165) is 44.0 Å². The Balaban J connectivity index is 1.37. The number of allylic oxidation sites excluding steroid dienone is 3. The molecule has 1 aliphatic heterocycles. The fourth-order valence-corrected chi connectivity index (χ4v) is 5.68. The number of hydrogen-bond donors (Lipinski definition) is 2. The van der Waals surface area contributed by atoms with Gasteiger partial charge in [-0.25, -0.2) is 9.37 Å². The maximum absolute atomic E-state index is 15.1. The van der Waals surface area contributed by atoms with E-state index in [0.29, 0.717) is 12.6 Å². The van der Waals surface area contributed by atoms with Crippen LogP contribution in [0, 0.1) is 17.7 Å². The van der Waals surface area contributed by atoms with Crippen molar-refractivity contribution >= 4 is 17.5 Å². The highest BCUT2D eigenvalue weighted by atomic mass is 19.4. The van der Waals surface area contributed by atoms with E-state index in [1.54, 1.807) is 0 Å². The molecule has 2 heterocycles. The van der Waals surface area contributed by atoms with E-state index in [9.17, 15) is 18.0 Å². The number of anilines is 2. The number of nitrogens with one attached hydrogen (secondary N) is 2. The van der Waals surface area contributed by atoms with Crippen LogP contribution in [0.25, 0.3) is 0 Å². The molecule has 1 amide bonds. The quantitative estimate of drug-likeness (QED) is 0.422. The van der Waals surface area contributed by atoms with Crippen molar-refractivity contribution in [3.05, 3.63) is 59.1 Å². The average Bonchev–Trinajstić information content (AvgIpc) is 3.24. The molecule has 0 radical (unpaired) electrons. The fraction of sp³-hybridized carbons (Fsp3) is 0.483. The first kappa shape index (κ1) is 28.8. The Morgan fingerprint density at radius 2 is 1.95 bits per heavy atom. The van der Waals surface area contributed by atoms with Crippen LogP contribution in [0.5, 0.6) is 11.6 Å². The summed E-state index contributed by atoms with van der Waals surface area (Å²) in [5.41, 5.74) is -0.109. The van der Waals surface area contributed by atoms with E-state index in [4.69, 9.17) is 9.47 Å². The van der Waals surface area contributed by atoms with Crippen LogP contribution < -0.4 is 20.1 Å². The fourth-order valence-electron chi connectivity index (χ4n) is 5.68. The maximum Gasteiger partial charge on any atom is 0.423 e. The second kappa shape index (κ2) is 11.7. The van der Waals surface area contributed by atoms with Gasteiger partial charge in [0.15, 0.2) is 0 Å². The molecule has 1 unspecified atom stereocenters. The van der Waals surface area contributed by atoms with Gasteiger partial charge in [-0.2, -0.15) is 18.2 Å². The molecule has 1 aromatic heterocycles. The van der Waals surface area contributed by atoms with Crippen molar-refractivity contribution in [3.8, 4) is 11.6 Å². The molecule has 0 spiro atoms. The minimum atomic E-state index is -4.74. The highest BCUT2D eigenvalue weighted by molar-refractivity contribution is 5.96. The third-order valence-corrected chi connectivity index (χ3v) is 8.07. The summed E-state index contributed by atoms with van der Waals surface area (Å²) in [4.78, 5) is 22.8. The van der Waals surface area contributed by atoms with Gasteiger partial charge < -0.3 is 25.0 Å². The number of benzene rings is 1. The van der Waals surface area contributed by atoms with E-state index in [2.05, 4.69) is 25.5 Å². The molecule has 41 heavy (non-hydrogen) atoms. The van der Waals surface area contributed by atoms with Crippen molar-refractivity contribution in [2.45, 2.75) is 50.9 Å². The number of nitrogens with zero attached hydrogens (tertiary/aromatic N) is 3. The molecular formula is C29H33F4N5O3. The summed E-state index contributed by atoms with van der Waals surface area (Å²) >= 11 is 0. The van der Waals surface area contributed by atoms with Crippen molar-refractivity contribution < 1.29 is 31.8 Å². The molecule has 1 saturated carbocycles. The summed E-state index contributed by atoms with van der Waals surface area (Å²) < 4.78 is 67.9. The first-order chi connectivity index (χ1) is 19.5. The number of aromatic nitrogens is 2. The van der Waals surface area contributed by atoms with E-state index < -0.39 is 35.4 Å². The van der Waals surface area contributed by atoms with Crippen molar-refractivity contribution in [3.63, 3.8) is 0 Å². The van der Waals surface area contributed by atoms with Gasteiger partial charge in [-0.15, -0.1) is 0 Å². The van der Waals surface area contributed by atoms with Crippen LogP contribution >= 0.6 is 0 Å². The van der Waals surface area contributed by atoms with Gasteiger partial charge in [0.2, 0.25) is 11.8 Å². The van der Waals surface area contributed by atoms with Gasteiger partial charge >= 0.3 is 6.18 Å². The monoisotopic (exact) mass is 575 g/mol. The third kappa shape index (κ3) is 6.32. The lowest BCUT2D eigenvalue weighted by molar-refractivity contribution is -0.140. The first-order valence-corrected chi connectivity index (χ1v) is 13.6. The topological polar surface area (TPSA) is 88.6 Å². The van der Waals surface area contributed by atoms with Crippen molar-refractivity contribution in [2.75, 3.05) is 32.6 Å². The van der Waals surface area contributed by atoms with E-state index in [1.165, 1.54) is 13.2 Å². The standard InChI is InChI=1S/C29H33F4N5O3/c1-16-19-7-5-4-6-17(19)12-24(16)41-27-21(29(31,32)33)15-34-28(37-27)36-23-14-22(30)20(13-25(23)40-3)26(39)35-18-8-10-38(2)11-9-18/h4-5,7,13-18,24H,6,8-12H2,1-3H3,(H,35,39)(H,34,36,37)/t16-,17?,24-/m1/s1. The molecule has 0 bridgehead atoms. The molecular weight excluding hydrogens is 542 g/mol. The Labute approximate surface area is 235 Å². The number of rotatable bonds is 7. The molecule has 220 valence electrons. The summed E-state index contributed by atoms with van der Waals surface area (Å²) in [7, 11) is 3.34. The van der Waals surface area contributed by atoms with E-state index in [-0.39, 0.29) is 40.8 Å². The first-order valence-electron chi connectivity index (χ1n) is 13.6. The van der Waals surface area contributed by atoms with Crippen LogP contribution in [-0.4, -0.2) is 60.2 Å². The van der Waals surface area contributed by atoms with Gasteiger partial charge in [0.05, 0.1) is 18.4 Å². The molecule has 5 rings (SSSR count). The lowest BCUT2D eigenvalue weighted by atomic mass is 9.91. The second-order valence-corrected chi connectivity index (χ2v) is 10.8. The summed E-state index contributed by atoms with van der Waals surface area (Å²) in [6, 6.07) is 2.21. The Bertz CT molecular complexity index is 1350. The minimum absolute atomic E-state index is 0.0445. The zero-order valence-corrected chi connectivity index (χ0v) is 23.1. The number of amides is 1.